The van der Waals surface area contributed by atoms with E-state index in [0.29, 0.717) is 12.0 Å². The predicted molar refractivity (Wildman–Crippen MR) is 72.5 cm³/mol. The van der Waals surface area contributed by atoms with Gasteiger partial charge in [-0.2, -0.15) is 0 Å². The van der Waals surface area contributed by atoms with Gasteiger partial charge in [0, 0.05) is 32.3 Å². The zero-order valence-corrected chi connectivity index (χ0v) is 11.4. The molecule has 0 aromatic carbocycles. The van der Waals surface area contributed by atoms with Crippen molar-refractivity contribution in [2.24, 2.45) is 11.8 Å². The highest BCUT2D eigenvalue weighted by atomic mass is 16.3. The highest BCUT2D eigenvalue weighted by Gasteiger charge is 2.27. The van der Waals surface area contributed by atoms with Crippen molar-refractivity contribution in [2.75, 3.05) is 39.4 Å². The summed E-state index contributed by atoms with van der Waals surface area (Å²) in [6, 6.07) is 0.544. The monoisotopic (exact) mass is 256 g/mol. The average Bonchev–Trinajstić information content (AvgIpc) is 2.27. The zero-order valence-electron chi connectivity index (χ0n) is 11.4. The van der Waals surface area contributed by atoms with Gasteiger partial charge in [-0.3, -0.25) is 4.90 Å². The van der Waals surface area contributed by atoms with Gasteiger partial charge in [-0.25, -0.2) is 0 Å². The Bertz CT molecular complexity index is 220. The number of nitrogens with zero attached hydrogens (tertiary/aromatic N) is 1. The summed E-state index contributed by atoms with van der Waals surface area (Å²) in [5, 5.41) is 21.9. The summed E-state index contributed by atoms with van der Waals surface area (Å²) in [5.41, 5.74) is 0. The third kappa shape index (κ3) is 4.19. The Balaban J connectivity index is 1.75. The summed E-state index contributed by atoms with van der Waals surface area (Å²) in [6.45, 7) is 4.53. The Kier molecular flexibility index (Phi) is 5.89. The molecular weight excluding hydrogens is 228 g/mol. The van der Waals surface area contributed by atoms with E-state index in [2.05, 4.69) is 10.2 Å². The molecule has 1 aliphatic carbocycles. The van der Waals surface area contributed by atoms with Crippen molar-refractivity contribution in [1.29, 1.82) is 0 Å². The third-order valence-corrected chi connectivity index (χ3v) is 4.49. The number of nitrogens with one attached hydrogen (secondary N) is 1. The number of aliphatic hydroxyl groups excluding tert-OH is 2. The van der Waals surface area contributed by atoms with E-state index in [-0.39, 0.29) is 13.2 Å². The Morgan fingerprint density at radius 3 is 2.50 bits per heavy atom. The minimum absolute atomic E-state index is 0.237. The van der Waals surface area contributed by atoms with Crippen molar-refractivity contribution in [1.82, 2.24) is 10.2 Å². The van der Waals surface area contributed by atoms with E-state index in [1.807, 2.05) is 0 Å². The molecule has 2 aliphatic rings. The average molecular weight is 256 g/mol. The van der Waals surface area contributed by atoms with E-state index in [1.165, 1.54) is 25.7 Å². The van der Waals surface area contributed by atoms with Gasteiger partial charge in [0.05, 0.1) is 6.61 Å². The first kappa shape index (κ1) is 14.3. The van der Waals surface area contributed by atoms with Crippen LogP contribution in [-0.4, -0.2) is 60.5 Å². The first-order valence-corrected chi connectivity index (χ1v) is 7.49. The number of likely N-dealkylation sites (tertiary alicyclic amines) is 1. The maximum atomic E-state index is 9.10. The van der Waals surface area contributed by atoms with Gasteiger partial charge in [-0.1, -0.05) is 6.42 Å². The second kappa shape index (κ2) is 7.43. The molecule has 4 heteroatoms. The lowest BCUT2D eigenvalue weighted by Gasteiger charge is -2.39. The highest BCUT2D eigenvalue weighted by Crippen LogP contribution is 2.26. The van der Waals surface area contributed by atoms with Crippen molar-refractivity contribution >= 4 is 0 Å². The van der Waals surface area contributed by atoms with E-state index in [1.54, 1.807) is 0 Å². The molecule has 0 bridgehead atoms. The van der Waals surface area contributed by atoms with Crippen LogP contribution in [0.5, 0.6) is 0 Å². The number of hydrogen-bond donors (Lipinski definition) is 3. The Morgan fingerprint density at radius 1 is 1.06 bits per heavy atom. The van der Waals surface area contributed by atoms with Crippen LogP contribution in [0, 0.1) is 11.8 Å². The first-order chi connectivity index (χ1) is 8.81. The standard InChI is InChI=1S/C14H28N2O2/c17-6-4-13-8-14(11-16(10-13)5-7-18)15-9-12-2-1-3-12/h12-15,17-18H,1-11H2. The van der Waals surface area contributed by atoms with Crippen molar-refractivity contribution in [2.45, 2.75) is 38.1 Å². The molecule has 0 spiro atoms. The summed E-state index contributed by atoms with van der Waals surface area (Å²) >= 11 is 0. The lowest BCUT2D eigenvalue weighted by Crippen LogP contribution is -2.51. The Morgan fingerprint density at radius 2 is 1.89 bits per heavy atom. The van der Waals surface area contributed by atoms with Gasteiger partial charge in [-0.15, -0.1) is 0 Å². The molecule has 0 radical (unpaired) electrons. The molecule has 3 N–H and O–H groups in total. The minimum Gasteiger partial charge on any atom is -0.396 e. The molecule has 18 heavy (non-hydrogen) atoms. The summed E-state index contributed by atoms with van der Waals surface area (Å²) in [7, 11) is 0. The Labute approximate surface area is 110 Å². The van der Waals surface area contributed by atoms with Gasteiger partial charge in [0.1, 0.15) is 0 Å². The van der Waals surface area contributed by atoms with Gasteiger partial charge in [0.15, 0.2) is 0 Å². The normalized spacial score (nSPS) is 30.3. The van der Waals surface area contributed by atoms with Gasteiger partial charge in [-0.05, 0) is 44.1 Å². The van der Waals surface area contributed by atoms with Crippen LogP contribution in [0.25, 0.3) is 0 Å². The molecule has 1 saturated carbocycles. The van der Waals surface area contributed by atoms with Crippen LogP contribution in [-0.2, 0) is 0 Å². The molecule has 2 unspecified atom stereocenters. The topological polar surface area (TPSA) is 55.7 Å². The van der Waals surface area contributed by atoms with Gasteiger partial charge in [0.2, 0.25) is 0 Å². The van der Waals surface area contributed by atoms with E-state index >= 15 is 0 Å². The van der Waals surface area contributed by atoms with Crippen LogP contribution in [0.4, 0.5) is 0 Å². The number of aliphatic hydroxyl groups is 2. The quantitative estimate of drug-likeness (QED) is 0.619. The lowest BCUT2D eigenvalue weighted by molar-refractivity contribution is 0.0987. The van der Waals surface area contributed by atoms with Crippen LogP contribution in [0.15, 0.2) is 0 Å². The minimum atomic E-state index is 0.237. The van der Waals surface area contributed by atoms with Crippen LogP contribution in [0.3, 0.4) is 0 Å². The highest BCUT2D eigenvalue weighted by molar-refractivity contribution is 4.85. The van der Waals surface area contributed by atoms with Crippen molar-refractivity contribution < 1.29 is 10.2 Å². The Hall–Kier alpha value is -0.160. The maximum Gasteiger partial charge on any atom is 0.0558 e. The predicted octanol–water partition coefficient (Wildman–Crippen LogP) is 0.441. The van der Waals surface area contributed by atoms with Crippen LogP contribution >= 0.6 is 0 Å². The van der Waals surface area contributed by atoms with E-state index < -0.39 is 0 Å². The SMILES string of the molecule is OCCC1CC(NCC2CCC2)CN(CCO)C1. The zero-order chi connectivity index (χ0) is 12.8. The van der Waals surface area contributed by atoms with Gasteiger partial charge in [0.25, 0.3) is 0 Å². The summed E-state index contributed by atoms with van der Waals surface area (Å²) < 4.78 is 0. The molecule has 2 rings (SSSR count). The fourth-order valence-corrected chi connectivity index (χ4v) is 3.20. The van der Waals surface area contributed by atoms with E-state index in [0.717, 1.165) is 38.5 Å². The third-order valence-electron chi connectivity index (χ3n) is 4.49. The second-order valence-corrected chi connectivity index (χ2v) is 6.00. The van der Waals surface area contributed by atoms with Gasteiger partial charge >= 0.3 is 0 Å². The van der Waals surface area contributed by atoms with E-state index in [9.17, 15) is 0 Å². The van der Waals surface area contributed by atoms with Gasteiger partial charge < -0.3 is 15.5 Å². The molecule has 1 aliphatic heterocycles. The largest absolute Gasteiger partial charge is 0.396 e. The number of piperidine rings is 1. The summed E-state index contributed by atoms with van der Waals surface area (Å²) in [4.78, 5) is 2.34. The molecule has 2 fully saturated rings. The molecule has 0 aromatic rings. The smallest absolute Gasteiger partial charge is 0.0558 e. The number of rotatable bonds is 7. The maximum absolute atomic E-state index is 9.10. The molecule has 0 amide bonds. The molecule has 0 aromatic heterocycles. The summed E-state index contributed by atoms with van der Waals surface area (Å²) in [6.07, 6.45) is 6.25. The fraction of sp³-hybridized carbons (Fsp3) is 1.00. The molecule has 1 saturated heterocycles. The fourth-order valence-electron chi connectivity index (χ4n) is 3.20. The number of hydrogen-bond acceptors (Lipinski definition) is 4. The summed E-state index contributed by atoms with van der Waals surface area (Å²) in [5.74, 6) is 1.48. The first-order valence-electron chi connectivity index (χ1n) is 7.49. The molecule has 106 valence electrons. The van der Waals surface area contributed by atoms with Crippen molar-refractivity contribution in [3.05, 3.63) is 0 Å². The van der Waals surface area contributed by atoms with Crippen molar-refractivity contribution in [3.8, 4) is 0 Å². The van der Waals surface area contributed by atoms with Crippen LogP contribution < -0.4 is 5.32 Å². The van der Waals surface area contributed by atoms with Crippen LogP contribution in [0.2, 0.25) is 0 Å². The molecular formula is C14H28N2O2. The lowest BCUT2D eigenvalue weighted by atomic mass is 9.84. The molecule has 4 nitrogen and oxygen atoms in total. The second-order valence-electron chi connectivity index (χ2n) is 6.00. The van der Waals surface area contributed by atoms with Crippen molar-refractivity contribution in [3.63, 3.8) is 0 Å². The molecule has 1 heterocycles. The molecule has 2 atom stereocenters. The number of β-amino-alcohol motifs (C(OH)–C–C–N with tert-alkyl or cyclic N) is 1. The van der Waals surface area contributed by atoms with E-state index in [4.69, 9.17) is 10.2 Å². The van der Waals surface area contributed by atoms with Crippen LogP contribution in [0.1, 0.15) is 32.1 Å².